The highest BCUT2D eigenvalue weighted by atomic mass is 16.5. The van der Waals surface area contributed by atoms with Gasteiger partial charge in [0.15, 0.2) is 6.61 Å². The van der Waals surface area contributed by atoms with E-state index in [0.29, 0.717) is 16.8 Å². The van der Waals surface area contributed by atoms with Crippen molar-refractivity contribution in [2.24, 2.45) is 0 Å². The van der Waals surface area contributed by atoms with Crippen LogP contribution in [0.4, 0.5) is 11.4 Å². The SMILES string of the molecule is COC(=O)c1c(C)[nH]c(C(=O)OCC(=O)N2c3ccccc3CCc3ccccc32)c1C. The van der Waals surface area contributed by atoms with Crippen LogP contribution in [0.3, 0.4) is 0 Å². The molecule has 2 heterocycles. The van der Waals surface area contributed by atoms with E-state index in [1.165, 1.54) is 7.11 Å². The molecule has 1 aliphatic rings. The summed E-state index contributed by atoms with van der Waals surface area (Å²) in [7, 11) is 1.28. The number of ether oxygens (including phenoxy) is 2. The van der Waals surface area contributed by atoms with Gasteiger partial charge in [-0.1, -0.05) is 36.4 Å². The number of nitrogens with zero attached hydrogens (tertiary/aromatic N) is 1. The number of nitrogens with one attached hydrogen (secondary N) is 1. The lowest BCUT2D eigenvalue weighted by Gasteiger charge is -2.24. The maximum Gasteiger partial charge on any atom is 0.355 e. The predicted molar refractivity (Wildman–Crippen MR) is 119 cm³/mol. The summed E-state index contributed by atoms with van der Waals surface area (Å²) < 4.78 is 10.1. The van der Waals surface area contributed by atoms with E-state index in [9.17, 15) is 14.4 Å². The summed E-state index contributed by atoms with van der Waals surface area (Å²) in [5, 5.41) is 0. The second kappa shape index (κ2) is 8.70. The first-order valence-electron chi connectivity index (χ1n) is 10.4. The maximum atomic E-state index is 13.3. The lowest BCUT2D eigenvalue weighted by atomic mass is 10.0. The van der Waals surface area contributed by atoms with Crippen LogP contribution in [0.2, 0.25) is 0 Å². The first kappa shape index (κ1) is 21.4. The van der Waals surface area contributed by atoms with Gasteiger partial charge in [-0.05, 0) is 55.5 Å². The number of amides is 1. The fourth-order valence-corrected chi connectivity index (χ4v) is 4.17. The summed E-state index contributed by atoms with van der Waals surface area (Å²) in [6, 6.07) is 15.5. The zero-order valence-corrected chi connectivity index (χ0v) is 18.2. The van der Waals surface area contributed by atoms with Gasteiger partial charge in [-0.15, -0.1) is 0 Å². The van der Waals surface area contributed by atoms with Gasteiger partial charge in [-0.3, -0.25) is 9.69 Å². The summed E-state index contributed by atoms with van der Waals surface area (Å²) in [5.41, 5.74) is 5.05. The average molecular weight is 432 g/mol. The smallest absolute Gasteiger partial charge is 0.355 e. The fraction of sp³-hybridized carbons (Fsp3) is 0.240. The number of methoxy groups -OCH3 is 1. The van der Waals surface area contributed by atoms with Crippen LogP contribution in [-0.4, -0.2) is 36.5 Å². The van der Waals surface area contributed by atoms with Gasteiger partial charge in [0.1, 0.15) is 5.69 Å². The number of carbonyl (C=O) groups excluding carboxylic acids is 3. The summed E-state index contributed by atoms with van der Waals surface area (Å²) >= 11 is 0. The van der Waals surface area contributed by atoms with Crippen LogP contribution in [0.5, 0.6) is 0 Å². The van der Waals surface area contributed by atoms with Crippen molar-refractivity contribution in [3.05, 3.63) is 82.2 Å². The van der Waals surface area contributed by atoms with Crippen molar-refractivity contribution in [3.63, 3.8) is 0 Å². The molecule has 0 spiro atoms. The molecule has 1 aliphatic heterocycles. The number of aromatic nitrogens is 1. The Morgan fingerprint density at radius 1 is 0.906 bits per heavy atom. The van der Waals surface area contributed by atoms with E-state index in [0.717, 1.165) is 35.3 Å². The number of esters is 2. The molecule has 32 heavy (non-hydrogen) atoms. The lowest BCUT2D eigenvalue weighted by molar-refractivity contribution is -0.121. The van der Waals surface area contributed by atoms with Crippen molar-refractivity contribution in [1.29, 1.82) is 0 Å². The summed E-state index contributed by atoms with van der Waals surface area (Å²) in [4.78, 5) is 42.5. The minimum atomic E-state index is -0.703. The van der Waals surface area contributed by atoms with Gasteiger partial charge in [0.05, 0.1) is 24.0 Å². The number of aromatic amines is 1. The van der Waals surface area contributed by atoms with Crippen LogP contribution in [0, 0.1) is 13.8 Å². The zero-order valence-electron chi connectivity index (χ0n) is 18.2. The third kappa shape index (κ3) is 3.77. The molecule has 3 aromatic rings. The minimum Gasteiger partial charge on any atom is -0.465 e. The van der Waals surface area contributed by atoms with E-state index in [1.807, 2.05) is 48.5 Å². The van der Waals surface area contributed by atoms with Gasteiger partial charge in [0.2, 0.25) is 0 Å². The molecule has 7 heteroatoms. The topological polar surface area (TPSA) is 88.7 Å². The van der Waals surface area contributed by atoms with Crippen LogP contribution in [0.1, 0.15) is 43.2 Å². The molecule has 0 atom stereocenters. The highest BCUT2D eigenvalue weighted by molar-refractivity contribution is 6.04. The number of anilines is 2. The average Bonchev–Trinajstić information content (AvgIpc) is 3.00. The molecule has 0 radical (unpaired) electrons. The second-order valence-corrected chi connectivity index (χ2v) is 7.68. The molecule has 0 saturated heterocycles. The van der Waals surface area contributed by atoms with Gasteiger partial charge in [-0.25, -0.2) is 9.59 Å². The molecular weight excluding hydrogens is 408 g/mol. The van der Waals surface area contributed by atoms with Crippen molar-refractivity contribution >= 4 is 29.2 Å². The van der Waals surface area contributed by atoms with Crippen LogP contribution in [-0.2, 0) is 27.1 Å². The lowest BCUT2D eigenvalue weighted by Crippen LogP contribution is -2.31. The molecule has 0 fully saturated rings. The van der Waals surface area contributed by atoms with E-state index in [4.69, 9.17) is 9.47 Å². The van der Waals surface area contributed by atoms with Crippen molar-refractivity contribution in [3.8, 4) is 0 Å². The van der Waals surface area contributed by atoms with Crippen LogP contribution < -0.4 is 4.90 Å². The molecule has 4 rings (SSSR count). The fourth-order valence-electron chi connectivity index (χ4n) is 4.17. The number of rotatable bonds is 4. The van der Waals surface area contributed by atoms with Gasteiger partial charge < -0.3 is 14.5 Å². The molecule has 2 aromatic carbocycles. The standard InChI is InChI=1S/C25H24N2O5/c1-15-22(24(29)31-3)16(2)26-23(15)25(30)32-14-21(28)27-19-10-6-4-8-17(19)12-13-18-9-5-7-11-20(18)27/h4-11,26H,12-14H2,1-3H3. The normalized spacial score (nSPS) is 12.4. The monoisotopic (exact) mass is 432 g/mol. The van der Waals surface area contributed by atoms with Crippen molar-refractivity contribution in [1.82, 2.24) is 4.98 Å². The van der Waals surface area contributed by atoms with E-state index < -0.39 is 18.5 Å². The molecule has 0 saturated carbocycles. The number of hydrogen-bond acceptors (Lipinski definition) is 5. The number of H-pyrrole nitrogens is 1. The number of carbonyl (C=O) groups is 3. The highest BCUT2D eigenvalue weighted by Gasteiger charge is 2.28. The number of fused-ring (bicyclic) bond motifs is 2. The van der Waals surface area contributed by atoms with Crippen LogP contribution >= 0.6 is 0 Å². The highest BCUT2D eigenvalue weighted by Crippen LogP contribution is 2.36. The quantitative estimate of drug-likeness (QED) is 0.629. The summed E-state index contributed by atoms with van der Waals surface area (Å²) in [5.74, 6) is -1.59. The maximum absolute atomic E-state index is 13.3. The molecule has 1 N–H and O–H groups in total. The first-order valence-corrected chi connectivity index (χ1v) is 10.4. The Hall–Kier alpha value is -3.87. The molecule has 0 aliphatic carbocycles. The molecular formula is C25H24N2O5. The Kier molecular flexibility index (Phi) is 5.81. The van der Waals surface area contributed by atoms with Gasteiger partial charge >= 0.3 is 11.9 Å². The summed E-state index contributed by atoms with van der Waals surface area (Å²) in [6.45, 7) is 2.87. The number of hydrogen-bond donors (Lipinski definition) is 1. The van der Waals surface area contributed by atoms with E-state index in [1.54, 1.807) is 18.7 Å². The molecule has 1 amide bonds. The zero-order chi connectivity index (χ0) is 22.8. The minimum absolute atomic E-state index is 0.132. The number of para-hydroxylation sites is 2. The summed E-state index contributed by atoms with van der Waals surface area (Å²) in [6.07, 6.45) is 1.63. The molecule has 164 valence electrons. The Balaban J connectivity index is 1.59. The predicted octanol–water partition coefficient (Wildman–Crippen LogP) is 4.04. The molecule has 0 bridgehead atoms. The Labute approximate surface area is 186 Å². The van der Waals surface area contributed by atoms with Crippen LogP contribution in [0.15, 0.2) is 48.5 Å². The molecule has 7 nitrogen and oxygen atoms in total. The van der Waals surface area contributed by atoms with Gasteiger partial charge in [0.25, 0.3) is 5.91 Å². The molecule has 1 aromatic heterocycles. The van der Waals surface area contributed by atoms with Gasteiger partial charge in [-0.2, -0.15) is 0 Å². The van der Waals surface area contributed by atoms with Crippen LogP contribution in [0.25, 0.3) is 0 Å². The van der Waals surface area contributed by atoms with E-state index in [2.05, 4.69) is 4.98 Å². The molecule has 0 unspecified atom stereocenters. The largest absolute Gasteiger partial charge is 0.465 e. The first-order chi connectivity index (χ1) is 15.4. The van der Waals surface area contributed by atoms with Crippen molar-refractivity contribution < 1.29 is 23.9 Å². The second-order valence-electron chi connectivity index (χ2n) is 7.68. The number of benzene rings is 2. The Bertz CT molecular complexity index is 1160. The van der Waals surface area contributed by atoms with Crippen molar-refractivity contribution in [2.75, 3.05) is 18.6 Å². The Morgan fingerprint density at radius 2 is 1.47 bits per heavy atom. The number of aryl methyl sites for hydroxylation is 3. The van der Waals surface area contributed by atoms with Gasteiger partial charge in [0, 0.05) is 5.69 Å². The van der Waals surface area contributed by atoms with Crippen molar-refractivity contribution in [2.45, 2.75) is 26.7 Å². The third-order valence-electron chi connectivity index (χ3n) is 5.74. The Morgan fingerprint density at radius 3 is 2.03 bits per heavy atom. The third-order valence-corrected chi connectivity index (χ3v) is 5.74. The van der Waals surface area contributed by atoms with E-state index in [-0.39, 0.29) is 11.6 Å². The van der Waals surface area contributed by atoms with E-state index >= 15 is 0 Å².